The average Bonchev–Trinajstić information content (AvgIpc) is 3.08. The molecule has 2 heterocycles. The van der Waals surface area contributed by atoms with Gasteiger partial charge in [-0.3, -0.25) is 14.3 Å². The van der Waals surface area contributed by atoms with Crippen LogP contribution < -0.4 is 10.9 Å². The van der Waals surface area contributed by atoms with Crippen LogP contribution in [-0.4, -0.2) is 37.4 Å². The molecule has 0 aliphatic heterocycles. The molecule has 0 radical (unpaired) electrons. The number of nitrogens with one attached hydrogen (secondary N) is 2. The number of nitrogens with zero attached hydrogens (tertiary/aromatic N) is 4. The number of hydrogen-bond donors (Lipinski definition) is 2. The lowest BCUT2D eigenvalue weighted by Gasteiger charge is -2.13. The van der Waals surface area contributed by atoms with E-state index in [2.05, 4.69) is 25.6 Å². The molecule has 118 valence electrons. The predicted octanol–water partition coefficient (Wildman–Crippen LogP) is 0.434. The molecule has 1 amide bonds. The Morgan fingerprint density at radius 2 is 2.13 bits per heavy atom. The number of rotatable bonds is 5. The van der Waals surface area contributed by atoms with Gasteiger partial charge in [0.05, 0.1) is 23.5 Å². The molecule has 23 heavy (non-hydrogen) atoms. The first-order valence-electron chi connectivity index (χ1n) is 7.24. The molecule has 0 spiro atoms. The topological polar surface area (TPSA) is 106 Å². The molecule has 3 aromatic rings. The molecule has 1 atom stereocenters. The fourth-order valence-electron chi connectivity index (χ4n) is 2.39. The van der Waals surface area contributed by atoms with Crippen molar-refractivity contribution in [1.82, 2.24) is 30.3 Å². The monoisotopic (exact) mass is 312 g/mol. The Hall–Kier alpha value is -3.03. The Bertz CT molecular complexity index is 871. The normalized spacial score (nSPS) is 12.2. The summed E-state index contributed by atoms with van der Waals surface area (Å²) in [6, 6.07) is 7.12. The molecule has 0 bridgehead atoms. The van der Waals surface area contributed by atoms with E-state index in [4.69, 9.17) is 0 Å². The van der Waals surface area contributed by atoms with E-state index >= 15 is 0 Å². The first kappa shape index (κ1) is 14.9. The van der Waals surface area contributed by atoms with Gasteiger partial charge in [0, 0.05) is 11.9 Å². The molecule has 3 rings (SSSR count). The zero-order valence-corrected chi connectivity index (χ0v) is 12.6. The van der Waals surface area contributed by atoms with Gasteiger partial charge in [0.2, 0.25) is 5.91 Å². The summed E-state index contributed by atoms with van der Waals surface area (Å²) >= 11 is 0. The predicted molar refractivity (Wildman–Crippen MR) is 83.8 cm³/mol. The zero-order valence-electron chi connectivity index (χ0n) is 12.6. The van der Waals surface area contributed by atoms with Gasteiger partial charge in [-0.15, -0.1) is 0 Å². The highest BCUT2D eigenvalue weighted by Gasteiger charge is 2.19. The minimum Gasteiger partial charge on any atom is -0.354 e. The number of aromatic amines is 1. The first-order valence-corrected chi connectivity index (χ1v) is 7.24. The van der Waals surface area contributed by atoms with E-state index in [-0.39, 0.29) is 11.5 Å². The quantitative estimate of drug-likeness (QED) is 0.711. The molecular weight excluding hydrogens is 296 g/mol. The molecule has 8 heteroatoms. The van der Waals surface area contributed by atoms with Gasteiger partial charge in [-0.25, -0.2) is 10.1 Å². The Labute approximate surface area is 131 Å². The van der Waals surface area contributed by atoms with Crippen LogP contribution in [-0.2, 0) is 11.3 Å². The maximum Gasteiger partial charge on any atom is 0.272 e. The van der Waals surface area contributed by atoms with Crippen molar-refractivity contribution in [1.29, 1.82) is 0 Å². The Balaban J connectivity index is 1.75. The van der Waals surface area contributed by atoms with Crippen LogP contribution in [0.4, 0.5) is 0 Å². The fraction of sp³-hybridized carbons (Fsp3) is 0.267. The SMILES string of the molecule is CC(C(=O)NCCn1cncn1)c1n[nH]c(=O)c2ccccc12. The van der Waals surface area contributed by atoms with Gasteiger partial charge < -0.3 is 5.32 Å². The molecule has 0 saturated carbocycles. The molecule has 0 fully saturated rings. The lowest BCUT2D eigenvalue weighted by molar-refractivity contribution is -0.122. The van der Waals surface area contributed by atoms with Gasteiger partial charge >= 0.3 is 0 Å². The summed E-state index contributed by atoms with van der Waals surface area (Å²) in [6.45, 7) is 2.74. The summed E-state index contributed by atoms with van der Waals surface area (Å²) in [5.74, 6) is -0.637. The summed E-state index contributed by atoms with van der Waals surface area (Å²) in [7, 11) is 0. The number of benzene rings is 1. The largest absolute Gasteiger partial charge is 0.354 e. The van der Waals surface area contributed by atoms with Gasteiger partial charge in [-0.2, -0.15) is 10.2 Å². The Morgan fingerprint density at radius 1 is 1.35 bits per heavy atom. The van der Waals surface area contributed by atoms with Crippen LogP contribution in [0.15, 0.2) is 41.7 Å². The third-order valence-corrected chi connectivity index (χ3v) is 3.64. The summed E-state index contributed by atoms with van der Waals surface area (Å²) in [5.41, 5.74) is 0.293. The molecule has 0 aliphatic carbocycles. The number of carbonyl (C=O) groups excluding carboxylic acids is 1. The van der Waals surface area contributed by atoms with Gasteiger partial charge in [0.1, 0.15) is 12.7 Å². The third kappa shape index (κ3) is 3.10. The highest BCUT2D eigenvalue weighted by molar-refractivity contribution is 5.90. The summed E-state index contributed by atoms with van der Waals surface area (Å²) in [6.07, 6.45) is 3.04. The number of carbonyl (C=O) groups is 1. The molecule has 2 N–H and O–H groups in total. The summed E-state index contributed by atoms with van der Waals surface area (Å²) in [4.78, 5) is 27.9. The lowest BCUT2D eigenvalue weighted by Crippen LogP contribution is -2.32. The second-order valence-electron chi connectivity index (χ2n) is 5.15. The number of hydrogen-bond acceptors (Lipinski definition) is 5. The Kier molecular flexibility index (Phi) is 4.13. The lowest BCUT2D eigenvalue weighted by atomic mass is 10.0. The summed E-state index contributed by atoms with van der Waals surface area (Å²) in [5, 5.41) is 14.5. The fourth-order valence-corrected chi connectivity index (χ4v) is 2.39. The molecule has 1 unspecified atom stereocenters. The molecule has 1 aromatic carbocycles. The van der Waals surface area contributed by atoms with E-state index in [0.717, 1.165) is 0 Å². The minimum atomic E-state index is -0.479. The second kappa shape index (κ2) is 6.39. The maximum atomic E-state index is 12.3. The highest BCUT2D eigenvalue weighted by atomic mass is 16.2. The number of amides is 1. The van der Waals surface area contributed by atoms with Gasteiger partial charge in [0.15, 0.2) is 0 Å². The van der Waals surface area contributed by atoms with Crippen molar-refractivity contribution in [2.45, 2.75) is 19.4 Å². The number of H-pyrrole nitrogens is 1. The molecule has 2 aromatic heterocycles. The van der Waals surface area contributed by atoms with E-state index in [0.29, 0.717) is 29.6 Å². The van der Waals surface area contributed by atoms with Crippen molar-refractivity contribution >= 4 is 16.7 Å². The third-order valence-electron chi connectivity index (χ3n) is 3.64. The van der Waals surface area contributed by atoms with Crippen LogP contribution in [0.1, 0.15) is 18.5 Å². The molecule has 8 nitrogen and oxygen atoms in total. The molecular formula is C15H16N6O2. The zero-order chi connectivity index (χ0) is 16.2. The van der Waals surface area contributed by atoms with Crippen molar-refractivity contribution in [3.05, 3.63) is 53.0 Å². The van der Waals surface area contributed by atoms with Gasteiger partial charge in [-0.1, -0.05) is 18.2 Å². The van der Waals surface area contributed by atoms with Crippen molar-refractivity contribution < 1.29 is 4.79 Å². The smallest absolute Gasteiger partial charge is 0.272 e. The molecule has 0 aliphatic rings. The van der Waals surface area contributed by atoms with Crippen LogP contribution in [0.5, 0.6) is 0 Å². The van der Waals surface area contributed by atoms with Crippen molar-refractivity contribution in [3.8, 4) is 0 Å². The van der Waals surface area contributed by atoms with Crippen molar-refractivity contribution in [2.24, 2.45) is 0 Å². The van der Waals surface area contributed by atoms with Gasteiger partial charge in [-0.05, 0) is 13.0 Å². The van der Waals surface area contributed by atoms with E-state index in [1.54, 1.807) is 36.1 Å². The van der Waals surface area contributed by atoms with E-state index in [1.807, 2.05) is 6.07 Å². The second-order valence-corrected chi connectivity index (χ2v) is 5.15. The van der Waals surface area contributed by atoms with Crippen molar-refractivity contribution in [3.63, 3.8) is 0 Å². The van der Waals surface area contributed by atoms with Crippen LogP contribution in [0.2, 0.25) is 0 Å². The van der Waals surface area contributed by atoms with Crippen LogP contribution in [0.3, 0.4) is 0 Å². The van der Waals surface area contributed by atoms with E-state index < -0.39 is 5.92 Å². The van der Waals surface area contributed by atoms with Gasteiger partial charge in [0.25, 0.3) is 5.56 Å². The van der Waals surface area contributed by atoms with E-state index in [9.17, 15) is 9.59 Å². The summed E-state index contributed by atoms with van der Waals surface area (Å²) < 4.78 is 1.64. The average molecular weight is 312 g/mol. The minimum absolute atomic E-state index is 0.158. The van der Waals surface area contributed by atoms with E-state index in [1.165, 1.54) is 6.33 Å². The van der Waals surface area contributed by atoms with Crippen LogP contribution >= 0.6 is 0 Å². The van der Waals surface area contributed by atoms with Crippen LogP contribution in [0.25, 0.3) is 10.8 Å². The standard InChI is InChI=1S/C15H16N6O2/c1-10(14(22)17-6-7-21-9-16-8-18-21)13-11-4-2-3-5-12(11)15(23)20-19-13/h2-5,8-10H,6-7H2,1H3,(H,17,22)(H,20,23). The van der Waals surface area contributed by atoms with Crippen molar-refractivity contribution in [2.75, 3.05) is 6.54 Å². The highest BCUT2D eigenvalue weighted by Crippen LogP contribution is 2.20. The van der Waals surface area contributed by atoms with Crippen LogP contribution in [0, 0.1) is 0 Å². The maximum absolute atomic E-state index is 12.3. The molecule has 0 saturated heterocycles. The first-order chi connectivity index (χ1) is 11.2. The number of aromatic nitrogens is 5. The Morgan fingerprint density at radius 3 is 2.87 bits per heavy atom. The number of fused-ring (bicyclic) bond motifs is 1.